The van der Waals surface area contributed by atoms with Crippen LogP contribution in [0.15, 0.2) is 34.0 Å². The molecule has 0 saturated heterocycles. The van der Waals surface area contributed by atoms with Gasteiger partial charge in [-0.2, -0.15) is 0 Å². The minimum absolute atomic E-state index is 0.352. The quantitative estimate of drug-likeness (QED) is 0.673. The largest absolute Gasteiger partial charge is 0.310 e. The third kappa shape index (κ3) is 3.24. The van der Waals surface area contributed by atoms with Gasteiger partial charge in [0.15, 0.2) is 0 Å². The first kappa shape index (κ1) is 12.5. The Kier molecular flexibility index (Phi) is 4.09. The molecule has 0 radical (unpaired) electrons. The molecule has 17 heavy (non-hydrogen) atoms. The minimum atomic E-state index is 0.352. The number of hydrogen-bond donors (Lipinski definition) is 1. The molecule has 90 valence electrons. The summed E-state index contributed by atoms with van der Waals surface area (Å²) in [5.74, 6) is 0.794. The average molecular weight is 290 g/mol. The fourth-order valence-corrected chi connectivity index (χ4v) is 2.74. The van der Waals surface area contributed by atoms with Crippen molar-refractivity contribution in [3.8, 4) is 0 Å². The molecule has 0 bridgehead atoms. The van der Waals surface area contributed by atoms with Crippen molar-refractivity contribution in [2.45, 2.75) is 4.90 Å². The summed E-state index contributed by atoms with van der Waals surface area (Å²) in [6, 6.07) is 5.13. The zero-order valence-electron chi connectivity index (χ0n) is 8.85. The summed E-state index contributed by atoms with van der Waals surface area (Å²) in [6.07, 6.45) is 0. The van der Waals surface area contributed by atoms with Gasteiger partial charge in [0, 0.05) is 17.3 Å². The first-order valence-electron chi connectivity index (χ1n) is 4.67. The molecule has 1 N–H and O–H groups in total. The van der Waals surface area contributed by atoms with Gasteiger partial charge < -0.3 is 4.72 Å². The van der Waals surface area contributed by atoms with Crippen molar-refractivity contribution in [1.82, 2.24) is 4.98 Å². The molecule has 0 atom stereocenters. The Balaban J connectivity index is 2.05. The van der Waals surface area contributed by atoms with Crippen molar-refractivity contribution < 1.29 is 4.48 Å². The lowest BCUT2D eigenvalue weighted by Crippen LogP contribution is -2.02. The molecule has 0 amide bonds. The molecule has 0 aliphatic carbocycles. The van der Waals surface area contributed by atoms with Crippen LogP contribution in [0.25, 0.3) is 0 Å². The highest BCUT2D eigenvalue weighted by Gasteiger charge is 2.06. The molecule has 1 aromatic carbocycles. The summed E-state index contributed by atoms with van der Waals surface area (Å²) in [5, 5.41) is 2.77. The van der Waals surface area contributed by atoms with Gasteiger partial charge in [-0.3, -0.25) is 0 Å². The van der Waals surface area contributed by atoms with E-state index >= 15 is 0 Å². The van der Waals surface area contributed by atoms with E-state index in [9.17, 15) is 4.48 Å². The molecule has 3 nitrogen and oxygen atoms in total. The third-order valence-corrected chi connectivity index (χ3v) is 3.65. The van der Waals surface area contributed by atoms with E-state index in [4.69, 9.17) is 11.6 Å². The maximum absolute atomic E-state index is 13.0. The van der Waals surface area contributed by atoms with Gasteiger partial charge in [-0.1, -0.05) is 11.6 Å². The molecule has 1 aromatic heterocycles. The maximum atomic E-state index is 13.0. The fourth-order valence-electron chi connectivity index (χ4n) is 1.18. The van der Waals surface area contributed by atoms with Gasteiger partial charge in [-0.05, 0) is 30.1 Å². The number of anilines is 2. The molecule has 2 rings (SSSR count). The Hall–Kier alpha value is -0.980. The standard InChI is InChI=1S/C10H9ClFN3S2/c1-15(12)9-3-2-7(4-8(9)11)17-14-10-5-16-6-13-10/h2-6,14H,1H3. The molecule has 0 unspecified atom stereocenters. The molecule has 2 aromatic rings. The third-order valence-electron chi connectivity index (χ3n) is 1.96. The summed E-state index contributed by atoms with van der Waals surface area (Å²) >= 11 is 8.85. The molecular formula is C10H9ClFN3S2. The summed E-state index contributed by atoms with van der Waals surface area (Å²) in [7, 11) is 1.31. The molecule has 1 heterocycles. The topological polar surface area (TPSA) is 28.2 Å². The van der Waals surface area contributed by atoms with E-state index in [0.29, 0.717) is 15.8 Å². The lowest BCUT2D eigenvalue weighted by Gasteiger charge is -2.10. The Morgan fingerprint density at radius 3 is 2.94 bits per heavy atom. The number of aromatic nitrogens is 1. The molecule has 7 heteroatoms. The number of rotatable bonds is 4. The van der Waals surface area contributed by atoms with Gasteiger partial charge in [0.2, 0.25) is 0 Å². The minimum Gasteiger partial charge on any atom is -0.310 e. The van der Waals surface area contributed by atoms with Gasteiger partial charge in [0.1, 0.15) is 5.82 Å². The first-order valence-corrected chi connectivity index (χ1v) is 6.80. The highest BCUT2D eigenvalue weighted by molar-refractivity contribution is 8.00. The van der Waals surface area contributed by atoms with Crippen LogP contribution in [0.4, 0.5) is 16.0 Å². The Morgan fingerprint density at radius 2 is 2.35 bits per heavy atom. The van der Waals surface area contributed by atoms with Crippen LogP contribution in [0.1, 0.15) is 0 Å². The number of thiazole rings is 1. The molecule has 0 aliphatic rings. The molecule has 0 fully saturated rings. The number of nitrogens with zero attached hydrogens (tertiary/aromatic N) is 2. The molecule has 0 saturated carbocycles. The van der Waals surface area contributed by atoms with Crippen molar-refractivity contribution in [3.05, 3.63) is 34.1 Å². The van der Waals surface area contributed by atoms with Crippen molar-refractivity contribution in [3.63, 3.8) is 0 Å². The van der Waals surface area contributed by atoms with Gasteiger partial charge >= 0.3 is 0 Å². The first-order chi connectivity index (χ1) is 8.16. The van der Waals surface area contributed by atoms with Crippen molar-refractivity contribution in [2.24, 2.45) is 0 Å². The normalized spacial score (nSPS) is 10.3. The van der Waals surface area contributed by atoms with E-state index in [1.807, 2.05) is 5.38 Å². The number of benzene rings is 1. The zero-order valence-corrected chi connectivity index (χ0v) is 11.2. The number of halogens is 2. The van der Waals surface area contributed by atoms with Gasteiger partial charge in [-0.25, -0.2) is 10.1 Å². The van der Waals surface area contributed by atoms with Crippen LogP contribution >= 0.6 is 34.9 Å². The zero-order chi connectivity index (χ0) is 12.3. The average Bonchev–Trinajstić information content (AvgIpc) is 2.78. The highest BCUT2D eigenvalue weighted by Crippen LogP contribution is 2.30. The van der Waals surface area contributed by atoms with Crippen LogP contribution in [0.2, 0.25) is 5.02 Å². The van der Waals surface area contributed by atoms with Crippen LogP contribution in [0, 0.1) is 0 Å². The SMILES string of the molecule is CN(F)c1ccc(SNc2cscn2)cc1Cl. The summed E-state index contributed by atoms with van der Waals surface area (Å²) < 4.78 is 16.0. The second-order valence-electron chi connectivity index (χ2n) is 3.17. The monoisotopic (exact) mass is 289 g/mol. The van der Waals surface area contributed by atoms with E-state index < -0.39 is 0 Å². The highest BCUT2D eigenvalue weighted by atomic mass is 35.5. The maximum Gasteiger partial charge on any atom is 0.147 e. The number of hydrogen-bond acceptors (Lipinski definition) is 5. The van der Waals surface area contributed by atoms with Crippen LogP contribution in [0.5, 0.6) is 0 Å². The van der Waals surface area contributed by atoms with Crippen molar-refractivity contribution in [1.29, 1.82) is 0 Å². The Morgan fingerprint density at radius 1 is 1.53 bits per heavy atom. The summed E-state index contributed by atoms with van der Waals surface area (Å²) in [6.45, 7) is 0. The fraction of sp³-hybridized carbons (Fsp3) is 0.100. The Labute approximate surface area is 112 Å². The van der Waals surface area contributed by atoms with Gasteiger partial charge in [0.05, 0.1) is 16.2 Å². The second kappa shape index (κ2) is 5.57. The smallest absolute Gasteiger partial charge is 0.147 e. The van der Waals surface area contributed by atoms with Gasteiger partial charge in [-0.15, -0.1) is 15.8 Å². The van der Waals surface area contributed by atoms with E-state index in [0.717, 1.165) is 10.7 Å². The second-order valence-corrected chi connectivity index (χ2v) is 5.17. The van der Waals surface area contributed by atoms with Gasteiger partial charge in [0.25, 0.3) is 0 Å². The predicted octanol–water partition coefficient (Wildman–Crippen LogP) is 4.24. The lowest BCUT2D eigenvalue weighted by atomic mass is 10.3. The predicted molar refractivity (Wildman–Crippen MR) is 72.6 cm³/mol. The van der Waals surface area contributed by atoms with Crippen molar-refractivity contribution in [2.75, 3.05) is 16.9 Å². The van der Waals surface area contributed by atoms with Crippen molar-refractivity contribution >= 4 is 46.4 Å². The van der Waals surface area contributed by atoms with Crippen LogP contribution in [0.3, 0.4) is 0 Å². The number of nitrogens with one attached hydrogen (secondary N) is 1. The summed E-state index contributed by atoms with van der Waals surface area (Å²) in [4.78, 5) is 4.98. The van der Waals surface area contributed by atoms with Crippen LogP contribution < -0.4 is 9.84 Å². The Bertz CT molecular complexity index is 490. The van der Waals surface area contributed by atoms with Crippen LogP contribution in [-0.2, 0) is 0 Å². The molecular weight excluding hydrogens is 281 g/mol. The van der Waals surface area contributed by atoms with E-state index in [-0.39, 0.29) is 0 Å². The van der Waals surface area contributed by atoms with Crippen LogP contribution in [-0.4, -0.2) is 12.0 Å². The van der Waals surface area contributed by atoms with E-state index in [2.05, 4.69) is 9.71 Å². The molecule has 0 aliphatic heterocycles. The molecule has 0 spiro atoms. The van der Waals surface area contributed by atoms with E-state index in [1.165, 1.54) is 30.3 Å². The van der Waals surface area contributed by atoms with E-state index in [1.54, 1.807) is 23.7 Å². The summed E-state index contributed by atoms with van der Waals surface area (Å²) in [5.41, 5.74) is 2.10. The lowest BCUT2D eigenvalue weighted by molar-refractivity contribution is 0.476.